The zero-order chi connectivity index (χ0) is 13.2. The van der Waals surface area contributed by atoms with Crippen molar-refractivity contribution < 1.29 is 14.3 Å². The van der Waals surface area contributed by atoms with E-state index in [4.69, 9.17) is 9.47 Å². The van der Waals surface area contributed by atoms with Crippen LogP contribution in [0.4, 0.5) is 4.79 Å². The van der Waals surface area contributed by atoms with Gasteiger partial charge in [0.2, 0.25) is 0 Å². The van der Waals surface area contributed by atoms with Gasteiger partial charge >= 0.3 is 6.16 Å². The van der Waals surface area contributed by atoms with Gasteiger partial charge in [0.1, 0.15) is 11.9 Å². The summed E-state index contributed by atoms with van der Waals surface area (Å²) in [6.07, 6.45) is 3.71. The normalized spacial score (nSPS) is 28.6. The van der Waals surface area contributed by atoms with E-state index in [1.54, 1.807) is 12.1 Å². The largest absolute Gasteiger partial charge is 0.514 e. The highest BCUT2D eigenvalue weighted by atomic mass is 35.5. The first-order chi connectivity index (χ1) is 9.22. The van der Waals surface area contributed by atoms with Crippen LogP contribution < -0.4 is 4.74 Å². The molecule has 3 rings (SSSR count). The van der Waals surface area contributed by atoms with Crippen LogP contribution in [0.15, 0.2) is 30.3 Å². The van der Waals surface area contributed by atoms with Crippen LogP contribution in [0, 0.1) is 0 Å². The Morgan fingerprint density at radius 2 is 1.75 bits per heavy atom. The van der Waals surface area contributed by atoms with Gasteiger partial charge in [-0.2, -0.15) is 0 Å². The number of piperidine rings is 1. The van der Waals surface area contributed by atoms with Crippen molar-refractivity contribution >= 4 is 18.6 Å². The highest BCUT2D eigenvalue weighted by molar-refractivity contribution is 5.85. The summed E-state index contributed by atoms with van der Waals surface area (Å²) >= 11 is 0. The molecule has 4 nitrogen and oxygen atoms in total. The summed E-state index contributed by atoms with van der Waals surface area (Å²) in [6.45, 7) is 0. The Balaban J connectivity index is 0.00000147. The van der Waals surface area contributed by atoms with E-state index in [0.29, 0.717) is 17.8 Å². The molecule has 0 spiro atoms. The quantitative estimate of drug-likeness (QED) is 0.620. The van der Waals surface area contributed by atoms with Crippen molar-refractivity contribution in [2.75, 3.05) is 7.05 Å². The zero-order valence-corrected chi connectivity index (χ0v) is 12.3. The smallest absolute Gasteiger partial charge is 0.431 e. The maximum Gasteiger partial charge on any atom is 0.514 e. The third-order valence-corrected chi connectivity index (χ3v) is 4.26. The molecule has 0 radical (unpaired) electrons. The van der Waals surface area contributed by atoms with Crippen molar-refractivity contribution in [3.63, 3.8) is 0 Å². The molecule has 1 aromatic rings. The summed E-state index contributed by atoms with van der Waals surface area (Å²) in [5, 5.41) is 0. The number of para-hydroxylation sites is 1. The molecule has 2 atom stereocenters. The summed E-state index contributed by atoms with van der Waals surface area (Å²) in [5.74, 6) is 0.531. The Labute approximate surface area is 125 Å². The average Bonchev–Trinajstić information content (AvgIpc) is 2.63. The topological polar surface area (TPSA) is 38.8 Å². The Hall–Kier alpha value is -1.26. The molecule has 2 fully saturated rings. The van der Waals surface area contributed by atoms with Gasteiger partial charge in [0, 0.05) is 24.9 Å². The molecule has 2 aliphatic rings. The molecule has 2 unspecified atom stereocenters. The van der Waals surface area contributed by atoms with E-state index in [2.05, 4.69) is 11.9 Å². The predicted octanol–water partition coefficient (Wildman–Crippen LogP) is 3.25. The predicted molar refractivity (Wildman–Crippen MR) is 78.4 cm³/mol. The molecule has 2 aliphatic heterocycles. The molecule has 0 saturated carbocycles. The lowest BCUT2D eigenvalue weighted by Gasteiger charge is -2.35. The molecule has 110 valence electrons. The van der Waals surface area contributed by atoms with Crippen LogP contribution >= 0.6 is 12.4 Å². The van der Waals surface area contributed by atoms with Gasteiger partial charge in [0.15, 0.2) is 0 Å². The molecule has 5 heteroatoms. The highest BCUT2D eigenvalue weighted by Crippen LogP contribution is 2.35. The number of halogens is 1. The van der Waals surface area contributed by atoms with Crippen molar-refractivity contribution in [1.82, 2.24) is 4.90 Å². The van der Waals surface area contributed by atoms with Gasteiger partial charge < -0.3 is 14.4 Å². The molecular formula is C15H20ClNO3. The van der Waals surface area contributed by atoms with E-state index in [9.17, 15) is 4.79 Å². The molecule has 2 saturated heterocycles. The van der Waals surface area contributed by atoms with E-state index in [1.165, 1.54) is 12.8 Å². The van der Waals surface area contributed by atoms with E-state index < -0.39 is 6.16 Å². The van der Waals surface area contributed by atoms with Crippen LogP contribution in [-0.2, 0) is 4.74 Å². The molecule has 2 heterocycles. The maximum absolute atomic E-state index is 11.7. The Morgan fingerprint density at radius 1 is 1.15 bits per heavy atom. The fourth-order valence-electron chi connectivity index (χ4n) is 3.20. The number of benzene rings is 1. The second-order valence-corrected chi connectivity index (χ2v) is 5.43. The molecule has 0 aliphatic carbocycles. The first-order valence-electron chi connectivity index (χ1n) is 6.88. The lowest BCUT2D eigenvalue weighted by atomic mass is 10.0. The minimum atomic E-state index is -0.583. The second-order valence-electron chi connectivity index (χ2n) is 5.43. The van der Waals surface area contributed by atoms with Crippen LogP contribution in [0.25, 0.3) is 0 Å². The van der Waals surface area contributed by atoms with Crippen molar-refractivity contribution in [2.24, 2.45) is 0 Å². The minimum absolute atomic E-state index is 0. The van der Waals surface area contributed by atoms with E-state index in [0.717, 1.165) is 12.8 Å². The Kier molecular flexibility index (Phi) is 4.89. The maximum atomic E-state index is 11.7. The van der Waals surface area contributed by atoms with Gasteiger partial charge in [-0.25, -0.2) is 4.79 Å². The number of hydrogen-bond donors (Lipinski definition) is 0. The highest BCUT2D eigenvalue weighted by Gasteiger charge is 2.40. The minimum Gasteiger partial charge on any atom is -0.431 e. The molecule has 20 heavy (non-hydrogen) atoms. The van der Waals surface area contributed by atoms with Crippen LogP contribution in [-0.4, -0.2) is 36.3 Å². The zero-order valence-electron chi connectivity index (χ0n) is 11.5. The number of ether oxygens (including phenoxy) is 2. The standard InChI is InChI=1S/C15H19NO3.ClH/c1-16-11-7-8-12(16)10-14(9-11)19-15(17)18-13-5-3-2-4-6-13;/h2-6,11-12,14H,7-10H2,1H3;1H. The van der Waals surface area contributed by atoms with Gasteiger partial charge in [-0.05, 0) is 32.0 Å². The third-order valence-electron chi connectivity index (χ3n) is 4.26. The lowest BCUT2D eigenvalue weighted by molar-refractivity contribution is 0.00748. The van der Waals surface area contributed by atoms with Crippen LogP contribution in [0.3, 0.4) is 0 Å². The molecule has 0 amide bonds. The molecule has 2 bridgehead atoms. The summed E-state index contributed by atoms with van der Waals surface area (Å²) in [5.41, 5.74) is 0. The summed E-state index contributed by atoms with van der Waals surface area (Å²) in [7, 11) is 2.17. The van der Waals surface area contributed by atoms with Crippen LogP contribution in [0.2, 0.25) is 0 Å². The average molecular weight is 298 g/mol. The number of carbonyl (C=O) groups is 1. The summed E-state index contributed by atoms with van der Waals surface area (Å²) in [4.78, 5) is 14.2. The first kappa shape index (κ1) is 15.1. The Morgan fingerprint density at radius 3 is 2.35 bits per heavy atom. The van der Waals surface area contributed by atoms with Gasteiger partial charge in [-0.15, -0.1) is 12.4 Å². The number of nitrogens with zero attached hydrogens (tertiary/aromatic N) is 1. The van der Waals surface area contributed by atoms with Crippen molar-refractivity contribution in [2.45, 2.75) is 43.9 Å². The first-order valence-corrected chi connectivity index (χ1v) is 6.88. The number of rotatable bonds is 2. The van der Waals surface area contributed by atoms with Crippen molar-refractivity contribution in [3.8, 4) is 5.75 Å². The van der Waals surface area contributed by atoms with Gasteiger partial charge in [-0.3, -0.25) is 0 Å². The van der Waals surface area contributed by atoms with E-state index >= 15 is 0 Å². The van der Waals surface area contributed by atoms with E-state index in [-0.39, 0.29) is 18.5 Å². The van der Waals surface area contributed by atoms with Crippen LogP contribution in [0.1, 0.15) is 25.7 Å². The monoisotopic (exact) mass is 297 g/mol. The summed E-state index contributed by atoms with van der Waals surface area (Å²) < 4.78 is 10.6. The van der Waals surface area contributed by atoms with Crippen LogP contribution in [0.5, 0.6) is 5.75 Å². The fraction of sp³-hybridized carbons (Fsp3) is 0.533. The summed E-state index contributed by atoms with van der Waals surface area (Å²) in [6, 6.07) is 10.2. The van der Waals surface area contributed by atoms with Crippen molar-refractivity contribution in [1.29, 1.82) is 0 Å². The van der Waals surface area contributed by atoms with Gasteiger partial charge in [0.05, 0.1) is 0 Å². The SMILES string of the molecule is CN1C2CCC1CC(OC(=O)Oc1ccccc1)C2.Cl. The van der Waals surface area contributed by atoms with Gasteiger partial charge in [-0.1, -0.05) is 18.2 Å². The number of fused-ring (bicyclic) bond motifs is 2. The lowest BCUT2D eigenvalue weighted by Crippen LogP contribution is -2.43. The van der Waals surface area contributed by atoms with E-state index in [1.807, 2.05) is 18.2 Å². The van der Waals surface area contributed by atoms with Crippen molar-refractivity contribution in [3.05, 3.63) is 30.3 Å². The molecule has 0 N–H and O–H groups in total. The van der Waals surface area contributed by atoms with Gasteiger partial charge in [0.25, 0.3) is 0 Å². The number of carbonyl (C=O) groups excluding carboxylic acids is 1. The molecule has 0 aromatic heterocycles. The third kappa shape index (κ3) is 3.25. The molecular weight excluding hydrogens is 278 g/mol. The Bertz CT molecular complexity index is 440. The molecule has 1 aromatic carbocycles. The second kappa shape index (κ2) is 6.46. The number of hydrogen-bond acceptors (Lipinski definition) is 4. The fourth-order valence-corrected chi connectivity index (χ4v) is 3.20.